The van der Waals surface area contributed by atoms with Crippen molar-refractivity contribution >= 4 is 39.3 Å². The Labute approximate surface area is 198 Å². The molecule has 1 heterocycles. The van der Waals surface area contributed by atoms with Gasteiger partial charge in [-0.2, -0.15) is 12.7 Å². The number of para-hydroxylation sites is 1. The van der Waals surface area contributed by atoms with E-state index in [9.17, 15) is 18.3 Å². The number of hydrogen-bond donors (Lipinski definition) is 2. The standard InChI is InChI=1S/C24H25N3O4S2/c28-24(29)22-17-21(32-18-19-7-3-1-4-8-19)11-12-23(22)25-33(30,31)27-15-13-26(14-16-27)20-9-5-2-6-10-20/h1-12,17,25H,13-16,18H2,(H,28,29). The molecule has 0 unspecified atom stereocenters. The van der Waals surface area contributed by atoms with Crippen molar-refractivity contribution in [2.75, 3.05) is 35.8 Å². The Bertz CT molecular complexity index is 1200. The molecule has 3 aromatic rings. The van der Waals surface area contributed by atoms with E-state index in [1.807, 2.05) is 60.7 Å². The molecule has 0 spiro atoms. The molecule has 0 radical (unpaired) electrons. The summed E-state index contributed by atoms with van der Waals surface area (Å²) < 4.78 is 29.8. The molecule has 9 heteroatoms. The summed E-state index contributed by atoms with van der Waals surface area (Å²) in [7, 11) is -3.88. The second-order valence-corrected chi connectivity index (χ2v) is 10.3. The molecule has 172 valence electrons. The van der Waals surface area contributed by atoms with Crippen LogP contribution in [0.1, 0.15) is 15.9 Å². The summed E-state index contributed by atoms with van der Waals surface area (Å²) in [6.07, 6.45) is 0. The number of benzene rings is 3. The summed E-state index contributed by atoms with van der Waals surface area (Å²) >= 11 is 1.50. The fourth-order valence-corrected chi connectivity index (χ4v) is 5.77. The fourth-order valence-electron chi connectivity index (χ4n) is 3.65. The molecule has 0 atom stereocenters. The van der Waals surface area contributed by atoms with Crippen LogP contribution in [-0.4, -0.2) is 50.0 Å². The molecule has 1 saturated heterocycles. The first kappa shape index (κ1) is 23.2. The van der Waals surface area contributed by atoms with Gasteiger partial charge in [-0.1, -0.05) is 48.5 Å². The van der Waals surface area contributed by atoms with Crippen molar-refractivity contribution in [2.45, 2.75) is 10.6 Å². The maximum absolute atomic E-state index is 13.0. The lowest BCUT2D eigenvalue weighted by Gasteiger charge is -2.35. The summed E-state index contributed by atoms with van der Waals surface area (Å²) in [6.45, 7) is 1.76. The van der Waals surface area contributed by atoms with Crippen molar-refractivity contribution < 1.29 is 18.3 Å². The van der Waals surface area contributed by atoms with Crippen LogP contribution in [0.3, 0.4) is 0 Å². The normalized spacial score (nSPS) is 14.7. The highest BCUT2D eigenvalue weighted by Crippen LogP contribution is 2.28. The topological polar surface area (TPSA) is 89.9 Å². The zero-order valence-corrected chi connectivity index (χ0v) is 19.6. The van der Waals surface area contributed by atoms with Gasteiger partial charge >= 0.3 is 16.2 Å². The minimum absolute atomic E-state index is 0.0667. The van der Waals surface area contributed by atoms with E-state index in [0.717, 1.165) is 16.1 Å². The molecule has 3 aromatic carbocycles. The minimum atomic E-state index is -3.88. The third-order valence-electron chi connectivity index (χ3n) is 5.41. The molecule has 0 saturated carbocycles. The third-order valence-corrected chi connectivity index (χ3v) is 8.00. The molecule has 1 aliphatic rings. The number of piperazine rings is 1. The molecule has 33 heavy (non-hydrogen) atoms. The molecule has 0 aliphatic carbocycles. The molecule has 0 amide bonds. The van der Waals surface area contributed by atoms with Crippen LogP contribution in [0.2, 0.25) is 0 Å². The summed E-state index contributed by atoms with van der Waals surface area (Å²) in [4.78, 5) is 14.7. The predicted molar refractivity (Wildman–Crippen MR) is 132 cm³/mol. The van der Waals surface area contributed by atoms with Crippen LogP contribution >= 0.6 is 11.8 Å². The molecule has 2 N–H and O–H groups in total. The molecule has 0 bridgehead atoms. The molecule has 4 rings (SSSR count). The van der Waals surface area contributed by atoms with E-state index in [-0.39, 0.29) is 11.3 Å². The first-order valence-corrected chi connectivity index (χ1v) is 13.0. The van der Waals surface area contributed by atoms with E-state index in [2.05, 4.69) is 9.62 Å². The van der Waals surface area contributed by atoms with Crippen LogP contribution in [-0.2, 0) is 16.0 Å². The lowest BCUT2D eigenvalue weighted by molar-refractivity contribution is 0.0697. The number of thioether (sulfide) groups is 1. The first-order valence-electron chi connectivity index (χ1n) is 10.5. The van der Waals surface area contributed by atoms with Crippen LogP contribution in [0.4, 0.5) is 11.4 Å². The number of aromatic carboxylic acids is 1. The second-order valence-electron chi connectivity index (χ2n) is 7.62. The monoisotopic (exact) mass is 483 g/mol. The quantitative estimate of drug-likeness (QED) is 0.468. The molecule has 1 aliphatic heterocycles. The van der Waals surface area contributed by atoms with Crippen LogP contribution in [0.25, 0.3) is 0 Å². The average Bonchev–Trinajstić information content (AvgIpc) is 2.84. The van der Waals surface area contributed by atoms with Crippen molar-refractivity contribution in [1.29, 1.82) is 0 Å². The zero-order valence-electron chi connectivity index (χ0n) is 17.9. The molecule has 0 aromatic heterocycles. The molecular weight excluding hydrogens is 458 g/mol. The number of rotatable bonds is 8. The van der Waals surface area contributed by atoms with Gasteiger partial charge in [-0.25, -0.2) is 4.79 Å². The van der Waals surface area contributed by atoms with E-state index in [1.165, 1.54) is 28.2 Å². The minimum Gasteiger partial charge on any atom is -0.478 e. The Morgan fingerprint density at radius 3 is 2.18 bits per heavy atom. The lowest BCUT2D eigenvalue weighted by atomic mass is 10.2. The van der Waals surface area contributed by atoms with Crippen molar-refractivity contribution in [3.05, 3.63) is 90.0 Å². The Morgan fingerprint density at radius 1 is 0.909 bits per heavy atom. The number of nitrogens with zero attached hydrogens (tertiary/aromatic N) is 2. The van der Waals surface area contributed by atoms with Gasteiger partial charge in [0.1, 0.15) is 0 Å². The Hall–Kier alpha value is -3.01. The number of hydrogen-bond acceptors (Lipinski definition) is 5. The van der Waals surface area contributed by atoms with Gasteiger partial charge in [0.25, 0.3) is 0 Å². The van der Waals surface area contributed by atoms with Crippen molar-refractivity contribution in [3.8, 4) is 0 Å². The Kier molecular flexibility index (Phi) is 7.22. The fraction of sp³-hybridized carbons (Fsp3) is 0.208. The Balaban J connectivity index is 1.43. The van der Waals surface area contributed by atoms with Gasteiger partial charge in [-0.3, -0.25) is 4.72 Å². The third kappa shape index (κ3) is 5.87. The summed E-state index contributed by atoms with van der Waals surface area (Å²) in [6, 6.07) is 24.5. The summed E-state index contributed by atoms with van der Waals surface area (Å²) in [5.41, 5.74) is 2.18. The molecule has 7 nitrogen and oxygen atoms in total. The van der Waals surface area contributed by atoms with Gasteiger partial charge in [0.05, 0.1) is 11.3 Å². The Morgan fingerprint density at radius 2 is 1.55 bits per heavy atom. The van der Waals surface area contributed by atoms with Crippen LogP contribution in [0.15, 0.2) is 83.8 Å². The maximum Gasteiger partial charge on any atom is 0.337 e. The van der Waals surface area contributed by atoms with Crippen LogP contribution in [0.5, 0.6) is 0 Å². The highest BCUT2D eigenvalue weighted by molar-refractivity contribution is 7.98. The largest absolute Gasteiger partial charge is 0.478 e. The van der Waals surface area contributed by atoms with Crippen LogP contribution in [0, 0.1) is 0 Å². The highest BCUT2D eigenvalue weighted by Gasteiger charge is 2.28. The number of carboxylic acid groups (broad SMARTS) is 1. The zero-order chi connectivity index (χ0) is 23.3. The van der Waals surface area contributed by atoms with E-state index >= 15 is 0 Å². The van der Waals surface area contributed by atoms with Crippen molar-refractivity contribution in [1.82, 2.24) is 4.31 Å². The van der Waals surface area contributed by atoms with Gasteiger partial charge in [-0.05, 0) is 35.9 Å². The van der Waals surface area contributed by atoms with Crippen molar-refractivity contribution in [2.24, 2.45) is 0 Å². The highest BCUT2D eigenvalue weighted by atomic mass is 32.2. The van der Waals surface area contributed by atoms with Gasteiger partial charge in [-0.15, -0.1) is 11.8 Å². The molecule has 1 fully saturated rings. The maximum atomic E-state index is 13.0. The van der Waals surface area contributed by atoms with E-state index in [0.29, 0.717) is 31.9 Å². The second kappa shape index (κ2) is 10.3. The number of nitrogens with one attached hydrogen (secondary N) is 1. The average molecular weight is 484 g/mol. The van der Waals surface area contributed by atoms with Crippen LogP contribution < -0.4 is 9.62 Å². The van der Waals surface area contributed by atoms with E-state index in [4.69, 9.17) is 0 Å². The summed E-state index contributed by atoms with van der Waals surface area (Å²) in [5, 5.41) is 9.68. The number of anilines is 2. The first-order chi connectivity index (χ1) is 15.9. The lowest BCUT2D eigenvalue weighted by Crippen LogP contribution is -2.50. The van der Waals surface area contributed by atoms with E-state index in [1.54, 1.807) is 6.07 Å². The SMILES string of the molecule is O=C(O)c1cc(SCc2ccccc2)ccc1NS(=O)(=O)N1CCN(c2ccccc2)CC1. The summed E-state index contributed by atoms with van der Waals surface area (Å²) in [5.74, 6) is -0.486. The number of carboxylic acids is 1. The van der Waals surface area contributed by atoms with E-state index < -0.39 is 16.2 Å². The van der Waals surface area contributed by atoms with Gasteiger partial charge in [0, 0.05) is 42.5 Å². The predicted octanol–water partition coefficient (Wildman–Crippen LogP) is 4.16. The number of carbonyl (C=O) groups is 1. The molecular formula is C24H25N3O4S2. The van der Waals surface area contributed by atoms with Gasteiger partial charge < -0.3 is 10.0 Å². The smallest absolute Gasteiger partial charge is 0.337 e. The van der Waals surface area contributed by atoms with Gasteiger partial charge in [0.15, 0.2) is 0 Å². The van der Waals surface area contributed by atoms with Crippen molar-refractivity contribution in [3.63, 3.8) is 0 Å². The van der Waals surface area contributed by atoms with Gasteiger partial charge in [0.2, 0.25) is 0 Å².